The van der Waals surface area contributed by atoms with Gasteiger partial charge in [0.05, 0.1) is 13.2 Å². The molecule has 0 aliphatic rings. The summed E-state index contributed by atoms with van der Waals surface area (Å²) in [6, 6.07) is 15.4. The molecule has 0 aromatic heterocycles. The van der Waals surface area contributed by atoms with Crippen molar-refractivity contribution in [3.63, 3.8) is 0 Å². The first-order chi connectivity index (χ1) is 13.0. The minimum atomic E-state index is -0.176. The first-order valence-electron chi connectivity index (χ1n) is 8.96. The van der Waals surface area contributed by atoms with Crippen LogP contribution in [0.3, 0.4) is 0 Å². The molecular formula is C22H28N2O3. The standard InChI is InChI=1S/C22H28N2O3/c1-5-9-17-12-13-20(21(14-17)26-4)27-16-22(25)23-19(15-24(2)3)18-10-7-6-8-11-18/h5-14,19H,15-16H2,1-4H3,(H,23,25)/b9-5+/t19-/m1/s1. The second kappa shape index (κ2) is 10.4. The zero-order chi connectivity index (χ0) is 19.6. The number of ether oxygens (including phenoxy) is 2. The van der Waals surface area contributed by atoms with Gasteiger partial charge < -0.3 is 19.7 Å². The van der Waals surface area contributed by atoms with Crippen molar-refractivity contribution in [2.75, 3.05) is 34.4 Å². The van der Waals surface area contributed by atoms with Crippen molar-refractivity contribution in [3.05, 3.63) is 65.7 Å². The predicted octanol–water partition coefficient (Wildman–Crippen LogP) is 3.53. The maximum Gasteiger partial charge on any atom is 0.258 e. The summed E-state index contributed by atoms with van der Waals surface area (Å²) in [5.41, 5.74) is 2.08. The summed E-state index contributed by atoms with van der Waals surface area (Å²) in [6.07, 6.45) is 3.93. The van der Waals surface area contributed by atoms with Gasteiger partial charge in [-0.25, -0.2) is 0 Å². The van der Waals surface area contributed by atoms with Crippen LogP contribution in [0.25, 0.3) is 6.08 Å². The first-order valence-corrected chi connectivity index (χ1v) is 8.96. The zero-order valence-corrected chi connectivity index (χ0v) is 16.4. The molecule has 0 radical (unpaired) electrons. The summed E-state index contributed by atoms with van der Waals surface area (Å²) in [5.74, 6) is 0.973. The van der Waals surface area contributed by atoms with E-state index in [-0.39, 0.29) is 18.6 Å². The van der Waals surface area contributed by atoms with E-state index in [1.807, 2.05) is 86.6 Å². The molecule has 2 rings (SSSR count). The minimum Gasteiger partial charge on any atom is -0.493 e. The van der Waals surface area contributed by atoms with Gasteiger partial charge in [-0.3, -0.25) is 4.79 Å². The molecule has 5 heteroatoms. The molecule has 0 heterocycles. The van der Waals surface area contributed by atoms with E-state index in [1.54, 1.807) is 7.11 Å². The molecule has 0 fully saturated rings. The van der Waals surface area contributed by atoms with Crippen LogP contribution >= 0.6 is 0 Å². The molecule has 0 bridgehead atoms. The maximum atomic E-state index is 12.4. The number of allylic oxidation sites excluding steroid dienone is 1. The zero-order valence-electron chi connectivity index (χ0n) is 16.4. The fourth-order valence-corrected chi connectivity index (χ4v) is 2.76. The van der Waals surface area contributed by atoms with Crippen LogP contribution in [0.15, 0.2) is 54.6 Å². The van der Waals surface area contributed by atoms with Crippen molar-refractivity contribution in [3.8, 4) is 11.5 Å². The second-order valence-electron chi connectivity index (χ2n) is 6.49. The van der Waals surface area contributed by atoms with Crippen molar-refractivity contribution in [2.45, 2.75) is 13.0 Å². The van der Waals surface area contributed by atoms with Gasteiger partial charge in [0.15, 0.2) is 18.1 Å². The van der Waals surface area contributed by atoms with E-state index in [9.17, 15) is 4.79 Å². The molecule has 2 aromatic rings. The van der Waals surface area contributed by atoms with Gasteiger partial charge in [-0.05, 0) is 44.3 Å². The Kier molecular flexibility index (Phi) is 7.89. The van der Waals surface area contributed by atoms with Gasteiger partial charge in [0.2, 0.25) is 0 Å². The number of methoxy groups -OCH3 is 1. The quantitative estimate of drug-likeness (QED) is 0.736. The average Bonchev–Trinajstić information content (AvgIpc) is 2.67. The molecule has 1 atom stereocenters. The highest BCUT2D eigenvalue weighted by Crippen LogP contribution is 2.28. The molecule has 0 saturated carbocycles. The Hall–Kier alpha value is -2.79. The molecule has 0 saturated heterocycles. The summed E-state index contributed by atoms with van der Waals surface area (Å²) in [5, 5.41) is 3.05. The maximum absolute atomic E-state index is 12.4. The Balaban J connectivity index is 2.01. The van der Waals surface area contributed by atoms with E-state index >= 15 is 0 Å². The van der Waals surface area contributed by atoms with Crippen molar-refractivity contribution in [1.29, 1.82) is 0 Å². The summed E-state index contributed by atoms with van der Waals surface area (Å²) in [7, 11) is 5.55. The molecule has 0 spiro atoms. The van der Waals surface area contributed by atoms with Crippen molar-refractivity contribution in [2.24, 2.45) is 0 Å². The SMILES string of the molecule is C/C=C/c1ccc(OCC(=O)N[C@H](CN(C)C)c2ccccc2)c(OC)c1. The van der Waals surface area contributed by atoms with E-state index in [0.717, 1.165) is 11.1 Å². The molecule has 0 unspecified atom stereocenters. The lowest BCUT2D eigenvalue weighted by Crippen LogP contribution is -2.37. The molecule has 0 aliphatic carbocycles. The summed E-state index contributed by atoms with van der Waals surface area (Å²) < 4.78 is 11.1. The second-order valence-corrected chi connectivity index (χ2v) is 6.49. The van der Waals surface area contributed by atoms with Gasteiger partial charge in [0, 0.05) is 6.54 Å². The van der Waals surface area contributed by atoms with E-state index in [1.165, 1.54) is 0 Å². The lowest BCUT2D eigenvalue weighted by Gasteiger charge is -2.23. The molecule has 1 amide bonds. The van der Waals surface area contributed by atoms with Crippen molar-refractivity contribution >= 4 is 12.0 Å². The Morgan fingerprint density at radius 1 is 1.15 bits per heavy atom. The molecule has 144 valence electrons. The highest BCUT2D eigenvalue weighted by molar-refractivity contribution is 5.78. The van der Waals surface area contributed by atoms with E-state index in [0.29, 0.717) is 18.0 Å². The fourth-order valence-electron chi connectivity index (χ4n) is 2.76. The number of nitrogens with one attached hydrogen (secondary N) is 1. The van der Waals surface area contributed by atoms with Gasteiger partial charge in [0.25, 0.3) is 5.91 Å². The first kappa shape index (κ1) is 20.5. The fraction of sp³-hybridized carbons (Fsp3) is 0.318. The van der Waals surface area contributed by atoms with Crippen LogP contribution < -0.4 is 14.8 Å². The number of carbonyl (C=O) groups excluding carboxylic acids is 1. The van der Waals surface area contributed by atoms with Gasteiger partial charge in [-0.1, -0.05) is 48.6 Å². The lowest BCUT2D eigenvalue weighted by molar-refractivity contribution is -0.124. The third-order valence-corrected chi connectivity index (χ3v) is 3.99. The highest BCUT2D eigenvalue weighted by Gasteiger charge is 2.16. The Morgan fingerprint density at radius 2 is 1.89 bits per heavy atom. The number of nitrogens with zero attached hydrogens (tertiary/aromatic N) is 1. The molecule has 1 N–H and O–H groups in total. The number of benzene rings is 2. The normalized spacial score (nSPS) is 12.2. The van der Waals surface area contributed by atoms with Crippen molar-refractivity contribution in [1.82, 2.24) is 10.2 Å². The third-order valence-electron chi connectivity index (χ3n) is 3.99. The van der Waals surface area contributed by atoms with Gasteiger partial charge >= 0.3 is 0 Å². The minimum absolute atomic E-state index is 0.0733. The van der Waals surface area contributed by atoms with Crippen LogP contribution in [0.1, 0.15) is 24.1 Å². The number of carbonyl (C=O) groups is 1. The Bertz CT molecular complexity index is 757. The summed E-state index contributed by atoms with van der Waals surface area (Å²) >= 11 is 0. The molecule has 2 aromatic carbocycles. The number of likely N-dealkylation sites (N-methyl/N-ethyl adjacent to an activating group) is 1. The summed E-state index contributed by atoms with van der Waals surface area (Å²) in [6.45, 7) is 2.59. The van der Waals surface area contributed by atoms with Crippen LogP contribution in [0.4, 0.5) is 0 Å². The van der Waals surface area contributed by atoms with Gasteiger partial charge in [-0.2, -0.15) is 0 Å². The topological polar surface area (TPSA) is 50.8 Å². The highest BCUT2D eigenvalue weighted by atomic mass is 16.5. The third kappa shape index (κ3) is 6.46. The van der Waals surface area contributed by atoms with Crippen LogP contribution in [0, 0.1) is 0 Å². The lowest BCUT2D eigenvalue weighted by atomic mass is 10.1. The van der Waals surface area contributed by atoms with Gasteiger partial charge in [0.1, 0.15) is 0 Å². The average molecular weight is 368 g/mol. The largest absolute Gasteiger partial charge is 0.493 e. The molecular weight excluding hydrogens is 340 g/mol. The van der Waals surface area contributed by atoms with Crippen molar-refractivity contribution < 1.29 is 14.3 Å². The Labute approximate surface area is 161 Å². The van der Waals surface area contributed by atoms with Crippen LogP contribution in [0.2, 0.25) is 0 Å². The van der Waals surface area contributed by atoms with Gasteiger partial charge in [-0.15, -0.1) is 0 Å². The molecule has 27 heavy (non-hydrogen) atoms. The van der Waals surface area contributed by atoms with E-state index in [4.69, 9.17) is 9.47 Å². The molecule has 5 nitrogen and oxygen atoms in total. The van der Waals surface area contributed by atoms with E-state index < -0.39 is 0 Å². The van der Waals surface area contributed by atoms with Crippen LogP contribution in [-0.4, -0.2) is 45.2 Å². The smallest absolute Gasteiger partial charge is 0.258 e. The number of amides is 1. The number of hydrogen-bond acceptors (Lipinski definition) is 4. The monoisotopic (exact) mass is 368 g/mol. The summed E-state index contributed by atoms with van der Waals surface area (Å²) in [4.78, 5) is 14.5. The number of rotatable bonds is 9. The molecule has 0 aliphatic heterocycles. The number of hydrogen-bond donors (Lipinski definition) is 1. The van der Waals surface area contributed by atoms with Crippen LogP contribution in [-0.2, 0) is 4.79 Å². The van der Waals surface area contributed by atoms with Crippen LogP contribution in [0.5, 0.6) is 11.5 Å². The van der Waals surface area contributed by atoms with E-state index in [2.05, 4.69) is 5.32 Å². The predicted molar refractivity (Wildman–Crippen MR) is 109 cm³/mol. The Morgan fingerprint density at radius 3 is 2.52 bits per heavy atom.